The van der Waals surface area contributed by atoms with Crippen molar-refractivity contribution < 1.29 is 0 Å². The molecule has 0 saturated carbocycles. The molecule has 0 radical (unpaired) electrons. The molecule has 0 saturated heterocycles. The monoisotopic (exact) mass is 497 g/mol. The number of thiazole rings is 1. The van der Waals surface area contributed by atoms with Crippen LogP contribution in [0.5, 0.6) is 0 Å². The smallest absolute Gasteiger partial charge is 0.190 e. The molecule has 0 aliphatic heterocycles. The van der Waals surface area contributed by atoms with E-state index >= 15 is 0 Å². The van der Waals surface area contributed by atoms with E-state index in [0.717, 1.165) is 44.7 Å². The SMILES string of the molecule is CCc1cnc(CCNC(=NC)NCCCc2c[nH]c3ccccc23)s1.I. The Morgan fingerprint density at radius 2 is 2.00 bits per heavy atom. The second-order valence-corrected chi connectivity index (χ2v) is 7.41. The Hall–Kier alpha value is -1.61. The van der Waals surface area contributed by atoms with Crippen molar-refractivity contribution in [3.05, 3.63) is 52.1 Å². The van der Waals surface area contributed by atoms with E-state index in [0.29, 0.717) is 0 Å². The number of rotatable bonds is 8. The number of halogens is 1. The van der Waals surface area contributed by atoms with E-state index in [9.17, 15) is 0 Å². The van der Waals surface area contributed by atoms with Crippen LogP contribution in [0.3, 0.4) is 0 Å². The molecule has 7 heteroatoms. The Morgan fingerprint density at radius 3 is 2.78 bits per heavy atom. The van der Waals surface area contributed by atoms with Gasteiger partial charge in [-0.2, -0.15) is 0 Å². The second-order valence-electron chi connectivity index (χ2n) is 6.21. The molecule has 0 unspecified atom stereocenters. The largest absolute Gasteiger partial charge is 0.361 e. The van der Waals surface area contributed by atoms with E-state index in [-0.39, 0.29) is 24.0 Å². The third-order valence-corrected chi connectivity index (χ3v) is 5.60. The number of nitrogens with zero attached hydrogens (tertiary/aromatic N) is 2. The van der Waals surface area contributed by atoms with Gasteiger partial charge in [0.2, 0.25) is 0 Å². The zero-order valence-corrected chi connectivity index (χ0v) is 19.1. The highest BCUT2D eigenvalue weighted by atomic mass is 127. The van der Waals surface area contributed by atoms with Gasteiger partial charge >= 0.3 is 0 Å². The normalized spacial score (nSPS) is 11.4. The highest BCUT2D eigenvalue weighted by Gasteiger charge is 2.04. The number of aliphatic imine (C=N–C) groups is 1. The summed E-state index contributed by atoms with van der Waals surface area (Å²) in [6, 6.07) is 8.45. The molecule has 0 fully saturated rings. The van der Waals surface area contributed by atoms with Crippen LogP contribution in [-0.4, -0.2) is 36.1 Å². The molecule has 3 rings (SSSR count). The lowest BCUT2D eigenvalue weighted by Gasteiger charge is -2.11. The minimum atomic E-state index is 0. The molecular weight excluding hydrogens is 469 g/mol. The standard InChI is InChI=1S/C20H27N5S.HI/c1-3-16-14-25-19(26-16)10-12-23-20(21-2)22-11-6-7-15-13-24-18-9-5-4-8-17(15)18;/h4-5,8-9,13-14,24H,3,6-7,10-12H2,1-2H3,(H2,21,22,23);1H. The predicted octanol–water partition coefficient (Wildman–Crippen LogP) is 4.15. The molecule has 5 nitrogen and oxygen atoms in total. The van der Waals surface area contributed by atoms with Crippen molar-refractivity contribution >= 4 is 52.2 Å². The summed E-state index contributed by atoms with van der Waals surface area (Å²) in [5, 5.41) is 9.27. The number of para-hydroxylation sites is 1. The molecule has 0 amide bonds. The Labute approximate surface area is 182 Å². The first kappa shape index (κ1) is 21.7. The van der Waals surface area contributed by atoms with Crippen LogP contribution in [0.25, 0.3) is 10.9 Å². The molecule has 3 aromatic rings. The molecule has 2 heterocycles. The lowest BCUT2D eigenvalue weighted by molar-refractivity contribution is 0.740. The predicted molar refractivity (Wildman–Crippen MR) is 127 cm³/mol. The van der Waals surface area contributed by atoms with Crippen molar-refractivity contribution in [2.75, 3.05) is 20.1 Å². The summed E-state index contributed by atoms with van der Waals surface area (Å²) in [4.78, 5) is 13.4. The Balaban J connectivity index is 0.00000261. The Kier molecular flexibility index (Phi) is 9.06. The summed E-state index contributed by atoms with van der Waals surface area (Å²) in [5.41, 5.74) is 2.59. The molecule has 0 spiro atoms. The first-order valence-corrected chi connectivity index (χ1v) is 10.0. The molecule has 0 bridgehead atoms. The van der Waals surface area contributed by atoms with Crippen molar-refractivity contribution in [2.45, 2.75) is 32.6 Å². The summed E-state index contributed by atoms with van der Waals surface area (Å²) < 4.78 is 0. The molecule has 0 aliphatic carbocycles. The van der Waals surface area contributed by atoms with Gasteiger partial charge < -0.3 is 15.6 Å². The molecule has 1 aromatic carbocycles. The number of fused-ring (bicyclic) bond motifs is 1. The van der Waals surface area contributed by atoms with Gasteiger partial charge in [-0.3, -0.25) is 4.99 Å². The number of hydrogen-bond donors (Lipinski definition) is 3. The summed E-state index contributed by atoms with van der Waals surface area (Å²) in [6.07, 6.45) is 8.21. The average Bonchev–Trinajstić information content (AvgIpc) is 3.30. The molecule has 27 heavy (non-hydrogen) atoms. The highest BCUT2D eigenvalue weighted by Crippen LogP contribution is 2.18. The van der Waals surface area contributed by atoms with Gasteiger partial charge in [-0.05, 0) is 30.9 Å². The van der Waals surface area contributed by atoms with Gasteiger partial charge in [0.25, 0.3) is 0 Å². The number of benzene rings is 1. The number of guanidine groups is 1. The van der Waals surface area contributed by atoms with Gasteiger partial charge in [-0.1, -0.05) is 25.1 Å². The van der Waals surface area contributed by atoms with E-state index < -0.39 is 0 Å². The second kappa shape index (κ2) is 11.3. The van der Waals surface area contributed by atoms with E-state index in [2.05, 4.69) is 63.0 Å². The zero-order valence-electron chi connectivity index (χ0n) is 15.9. The van der Waals surface area contributed by atoms with Crippen LogP contribution in [0.2, 0.25) is 0 Å². The Morgan fingerprint density at radius 1 is 1.19 bits per heavy atom. The summed E-state index contributed by atoms with van der Waals surface area (Å²) in [5.74, 6) is 0.858. The summed E-state index contributed by atoms with van der Waals surface area (Å²) in [6.45, 7) is 3.91. The van der Waals surface area contributed by atoms with Crippen molar-refractivity contribution in [1.82, 2.24) is 20.6 Å². The lowest BCUT2D eigenvalue weighted by atomic mass is 10.1. The third kappa shape index (κ3) is 6.21. The molecule has 3 N–H and O–H groups in total. The quantitative estimate of drug-likeness (QED) is 0.190. The van der Waals surface area contributed by atoms with Crippen LogP contribution < -0.4 is 10.6 Å². The van der Waals surface area contributed by atoms with Crippen LogP contribution in [0.4, 0.5) is 0 Å². The lowest BCUT2D eigenvalue weighted by Crippen LogP contribution is -2.38. The van der Waals surface area contributed by atoms with Gasteiger partial charge in [-0.15, -0.1) is 35.3 Å². The van der Waals surface area contributed by atoms with Crippen LogP contribution in [0.1, 0.15) is 28.8 Å². The minimum absolute atomic E-state index is 0. The van der Waals surface area contributed by atoms with Crippen molar-refractivity contribution in [2.24, 2.45) is 4.99 Å². The highest BCUT2D eigenvalue weighted by molar-refractivity contribution is 14.0. The fourth-order valence-corrected chi connectivity index (χ4v) is 3.82. The van der Waals surface area contributed by atoms with Crippen LogP contribution >= 0.6 is 35.3 Å². The maximum atomic E-state index is 4.45. The molecular formula is C20H28IN5S. The van der Waals surface area contributed by atoms with Gasteiger partial charge in [0.1, 0.15) is 0 Å². The number of aryl methyl sites for hydroxylation is 2. The van der Waals surface area contributed by atoms with Crippen molar-refractivity contribution in [1.29, 1.82) is 0 Å². The van der Waals surface area contributed by atoms with Crippen molar-refractivity contribution in [3.8, 4) is 0 Å². The minimum Gasteiger partial charge on any atom is -0.361 e. The van der Waals surface area contributed by atoms with Gasteiger partial charge in [0.15, 0.2) is 5.96 Å². The van der Waals surface area contributed by atoms with Gasteiger partial charge in [-0.25, -0.2) is 4.98 Å². The number of hydrogen-bond acceptors (Lipinski definition) is 3. The van der Waals surface area contributed by atoms with E-state index in [1.54, 1.807) is 11.3 Å². The average molecular weight is 497 g/mol. The number of nitrogens with one attached hydrogen (secondary N) is 3. The van der Waals surface area contributed by atoms with Crippen LogP contribution in [0, 0.1) is 0 Å². The molecule has 146 valence electrons. The molecule has 2 aromatic heterocycles. The number of aromatic nitrogens is 2. The summed E-state index contributed by atoms with van der Waals surface area (Å²) in [7, 11) is 1.81. The van der Waals surface area contributed by atoms with Crippen molar-refractivity contribution in [3.63, 3.8) is 0 Å². The fourth-order valence-electron chi connectivity index (χ4n) is 2.96. The van der Waals surface area contributed by atoms with Crippen LogP contribution in [0.15, 0.2) is 41.7 Å². The maximum Gasteiger partial charge on any atom is 0.190 e. The Bertz CT molecular complexity index is 855. The third-order valence-electron chi connectivity index (χ3n) is 4.40. The van der Waals surface area contributed by atoms with Crippen LogP contribution in [-0.2, 0) is 19.3 Å². The van der Waals surface area contributed by atoms with E-state index in [1.807, 2.05) is 13.2 Å². The molecule has 0 aliphatic rings. The first-order chi connectivity index (χ1) is 12.8. The van der Waals surface area contributed by atoms with Gasteiger partial charge in [0, 0.05) is 54.7 Å². The van der Waals surface area contributed by atoms with Gasteiger partial charge in [0.05, 0.1) is 5.01 Å². The topological polar surface area (TPSA) is 65.1 Å². The fraction of sp³-hybridized carbons (Fsp3) is 0.400. The number of H-pyrrole nitrogens is 1. The first-order valence-electron chi connectivity index (χ1n) is 9.23. The molecule has 0 atom stereocenters. The maximum absolute atomic E-state index is 4.45. The van der Waals surface area contributed by atoms with E-state index in [1.165, 1.54) is 26.4 Å². The van der Waals surface area contributed by atoms with E-state index in [4.69, 9.17) is 0 Å². The summed E-state index contributed by atoms with van der Waals surface area (Å²) >= 11 is 1.80. The zero-order chi connectivity index (χ0) is 18.2. The number of aromatic amines is 1.